The van der Waals surface area contributed by atoms with Gasteiger partial charge in [0.1, 0.15) is 10.7 Å². The Morgan fingerprint density at radius 1 is 1.00 bits per heavy atom. The number of halogens is 4. The molecule has 4 heterocycles. The van der Waals surface area contributed by atoms with E-state index in [1.807, 2.05) is 29.0 Å². The first-order chi connectivity index (χ1) is 18.1. The maximum absolute atomic E-state index is 13.7. The topological polar surface area (TPSA) is 78.8 Å². The van der Waals surface area contributed by atoms with E-state index in [2.05, 4.69) is 9.88 Å². The van der Waals surface area contributed by atoms with E-state index in [0.717, 1.165) is 11.9 Å². The van der Waals surface area contributed by atoms with Gasteiger partial charge in [0.05, 0.1) is 16.6 Å². The van der Waals surface area contributed by atoms with Crippen molar-refractivity contribution in [3.63, 3.8) is 0 Å². The molecule has 1 saturated heterocycles. The van der Waals surface area contributed by atoms with Gasteiger partial charge in [-0.1, -0.05) is 17.7 Å². The number of piperazine rings is 1. The summed E-state index contributed by atoms with van der Waals surface area (Å²) < 4.78 is 69.8. The minimum absolute atomic E-state index is 0.0484. The molecule has 5 rings (SSSR count). The molecule has 1 unspecified atom stereocenters. The number of nitrogens with zero attached hydrogens (tertiary/aromatic N) is 5. The Kier molecular flexibility index (Phi) is 7.14. The number of aromatic nitrogens is 2. The van der Waals surface area contributed by atoms with E-state index in [0.29, 0.717) is 50.6 Å². The average molecular weight is 568 g/mol. The van der Waals surface area contributed by atoms with Gasteiger partial charge in [0, 0.05) is 63.8 Å². The summed E-state index contributed by atoms with van der Waals surface area (Å²) in [7, 11) is -4.31. The van der Waals surface area contributed by atoms with Gasteiger partial charge in [0.15, 0.2) is 0 Å². The Balaban J connectivity index is 1.37. The summed E-state index contributed by atoms with van der Waals surface area (Å²) in [6.45, 7) is 2.49. The zero-order valence-corrected chi connectivity index (χ0v) is 21.8. The van der Waals surface area contributed by atoms with E-state index in [1.165, 1.54) is 4.31 Å². The van der Waals surface area contributed by atoms with Gasteiger partial charge >= 0.3 is 6.18 Å². The number of carbonyl (C=O) groups is 1. The Labute approximate surface area is 223 Å². The van der Waals surface area contributed by atoms with Gasteiger partial charge in [-0.2, -0.15) is 17.5 Å². The predicted octanol–water partition coefficient (Wildman–Crippen LogP) is 4.04. The summed E-state index contributed by atoms with van der Waals surface area (Å²) >= 11 is 6.06. The second-order valence-corrected chi connectivity index (χ2v) is 11.4. The molecule has 2 aliphatic rings. The van der Waals surface area contributed by atoms with Crippen molar-refractivity contribution in [3.05, 3.63) is 77.2 Å². The molecule has 0 saturated carbocycles. The van der Waals surface area contributed by atoms with Crippen molar-refractivity contribution < 1.29 is 26.4 Å². The first-order valence-electron chi connectivity index (χ1n) is 12.0. The van der Waals surface area contributed by atoms with Crippen LogP contribution >= 0.6 is 11.6 Å². The molecular weight excluding hydrogens is 543 g/mol. The van der Waals surface area contributed by atoms with Crippen molar-refractivity contribution in [3.8, 4) is 0 Å². The van der Waals surface area contributed by atoms with Gasteiger partial charge < -0.3 is 14.4 Å². The van der Waals surface area contributed by atoms with Gasteiger partial charge in [-0.15, -0.1) is 0 Å². The molecule has 0 bridgehead atoms. The number of sulfonamides is 1. The van der Waals surface area contributed by atoms with Crippen LogP contribution in [0, 0.1) is 0 Å². The highest BCUT2D eigenvalue weighted by atomic mass is 35.5. The number of hydrogen-bond donors (Lipinski definition) is 0. The zero-order chi connectivity index (χ0) is 27.1. The van der Waals surface area contributed by atoms with Crippen LogP contribution in [0.3, 0.4) is 0 Å². The molecule has 0 N–H and O–H groups in total. The van der Waals surface area contributed by atoms with E-state index in [1.54, 1.807) is 23.2 Å². The highest BCUT2D eigenvalue weighted by Gasteiger charge is 2.40. The molecular formula is C25H25ClF3N5O3S. The Bertz CT molecular complexity index is 1420. The summed E-state index contributed by atoms with van der Waals surface area (Å²) in [5, 5.41) is -0.517. The molecule has 2 aliphatic heterocycles. The minimum Gasteiger partial charge on any atom is -0.353 e. The van der Waals surface area contributed by atoms with Gasteiger partial charge in [-0.25, -0.2) is 13.4 Å². The van der Waals surface area contributed by atoms with Gasteiger partial charge in [-0.05, 0) is 42.5 Å². The number of pyridine rings is 1. The van der Waals surface area contributed by atoms with E-state index < -0.39 is 37.7 Å². The van der Waals surface area contributed by atoms with Crippen molar-refractivity contribution in [1.29, 1.82) is 0 Å². The number of fused-ring (bicyclic) bond motifs is 1. The predicted molar refractivity (Wildman–Crippen MR) is 135 cm³/mol. The van der Waals surface area contributed by atoms with Crippen LogP contribution in [0.4, 0.5) is 19.0 Å². The smallest absolute Gasteiger partial charge is 0.353 e. The van der Waals surface area contributed by atoms with Crippen LogP contribution in [-0.2, 0) is 27.5 Å². The number of hydrogen-bond acceptors (Lipinski definition) is 5. The van der Waals surface area contributed by atoms with Crippen LogP contribution in [0.5, 0.6) is 0 Å². The number of carbonyl (C=O) groups excluding carboxylic acids is 1. The lowest BCUT2D eigenvalue weighted by Gasteiger charge is -2.39. The molecule has 8 nitrogen and oxygen atoms in total. The largest absolute Gasteiger partial charge is 0.416 e. The lowest BCUT2D eigenvalue weighted by atomic mass is 10.1. The van der Waals surface area contributed by atoms with Crippen molar-refractivity contribution in [2.45, 2.75) is 30.1 Å². The molecule has 1 amide bonds. The summed E-state index contributed by atoms with van der Waals surface area (Å²) in [6, 6.07) is 10.5. The Morgan fingerprint density at radius 3 is 2.42 bits per heavy atom. The third-order valence-corrected chi connectivity index (χ3v) is 9.33. The second-order valence-electron chi connectivity index (χ2n) is 9.16. The minimum atomic E-state index is -4.66. The molecule has 0 aliphatic carbocycles. The summed E-state index contributed by atoms with van der Waals surface area (Å²) in [5.74, 6) is 0.624. The summed E-state index contributed by atoms with van der Waals surface area (Å²) in [5.41, 5.74) is -0.395. The highest BCUT2D eigenvalue weighted by Crippen LogP contribution is 2.38. The van der Waals surface area contributed by atoms with Crippen LogP contribution in [0.15, 0.2) is 65.8 Å². The van der Waals surface area contributed by atoms with Crippen molar-refractivity contribution in [2.24, 2.45) is 0 Å². The fourth-order valence-corrected chi connectivity index (χ4v) is 7.08. The molecule has 1 atom stereocenters. The molecule has 1 aromatic carbocycles. The molecule has 0 spiro atoms. The standard InChI is InChI=1S/C25H25ClF3N5O3S/c26-19-16-18(25(27,28)29)6-7-22(19)38(36,37)34-15-14-31-9-3-4-20(31)21(34)17-24(35)33-12-10-32(11-13-33)23-5-1-2-8-30-23/h1-9,16,21H,10-15,17H2. The van der Waals surface area contributed by atoms with E-state index in [4.69, 9.17) is 11.6 Å². The number of benzene rings is 1. The Morgan fingerprint density at radius 2 is 1.76 bits per heavy atom. The lowest BCUT2D eigenvalue weighted by molar-refractivity contribution is -0.137. The Hall–Kier alpha value is -3.09. The number of amides is 1. The summed E-state index contributed by atoms with van der Waals surface area (Å²) in [6.07, 6.45) is -1.24. The third-order valence-electron chi connectivity index (χ3n) is 6.93. The second kappa shape index (κ2) is 10.2. The molecule has 38 heavy (non-hydrogen) atoms. The van der Waals surface area contributed by atoms with Crippen LogP contribution in [0.2, 0.25) is 5.02 Å². The van der Waals surface area contributed by atoms with Crippen molar-refractivity contribution >= 4 is 33.3 Å². The van der Waals surface area contributed by atoms with E-state index in [9.17, 15) is 26.4 Å². The van der Waals surface area contributed by atoms with Crippen molar-refractivity contribution in [2.75, 3.05) is 37.6 Å². The van der Waals surface area contributed by atoms with Gasteiger partial charge in [0.25, 0.3) is 0 Å². The molecule has 3 aromatic rings. The lowest BCUT2D eigenvalue weighted by Crippen LogP contribution is -2.50. The van der Waals surface area contributed by atoms with Crippen LogP contribution in [0.25, 0.3) is 0 Å². The first-order valence-corrected chi connectivity index (χ1v) is 13.8. The highest BCUT2D eigenvalue weighted by molar-refractivity contribution is 7.89. The molecule has 202 valence electrons. The fourth-order valence-electron chi connectivity index (χ4n) is 4.97. The third kappa shape index (κ3) is 5.12. The summed E-state index contributed by atoms with van der Waals surface area (Å²) in [4.78, 5) is 21.1. The maximum Gasteiger partial charge on any atom is 0.416 e. The zero-order valence-electron chi connectivity index (χ0n) is 20.2. The first kappa shape index (κ1) is 26.5. The monoisotopic (exact) mass is 567 g/mol. The van der Waals surface area contributed by atoms with Crippen LogP contribution < -0.4 is 4.90 Å². The van der Waals surface area contributed by atoms with Gasteiger partial charge in [-0.3, -0.25) is 4.79 Å². The van der Waals surface area contributed by atoms with E-state index in [-0.39, 0.29) is 18.9 Å². The molecule has 0 radical (unpaired) electrons. The molecule has 13 heteroatoms. The number of anilines is 1. The fraction of sp³-hybridized carbons (Fsp3) is 0.360. The van der Waals surface area contributed by atoms with Gasteiger partial charge in [0.2, 0.25) is 15.9 Å². The van der Waals surface area contributed by atoms with Crippen LogP contribution in [0.1, 0.15) is 23.7 Å². The number of rotatable bonds is 5. The van der Waals surface area contributed by atoms with E-state index >= 15 is 0 Å². The molecule has 1 fully saturated rings. The normalized spacial score (nSPS) is 18.9. The molecule has 2 aromatic heterocycles. The maximum atomic E-state index is 13.7. The average Bonchev–Trinajstić information content (AvgIpc) is 3.38. The quantitative estimate of drug-likeness (QED) is 0.465. The van der Waals surface area contributed by atoms with Crippen LogP contribution in [-0.4, -0.2) is 65.8 Å². The number of alkyl halides is 3. The SMILES string of the molecule is O=C(CC1c2cccn2CCN1S(=O)(=O)c1ccc(C(F)(F)F)cc1Cl)N1CCN(c2ccccn2)CC1. The van der Waals surface area contributed by atoms with Crippen molar-refractivity contribution in [1.82, 2.24) is 18.8 Å².